The number of nitrogens with zero attached hydrogens (tertiary/aromatic N) is 2. The van der Waals surface area contributed by atoms with Crippen molar-refractivity contribution in [2.45, 2.75) is 6.54 Å². The number of carbonyl (C=O) groups excluding carboxylic acids is 1. The van der Waals surface area contributed by atoms with Gasteiger partial charge in [-0.25, -0.2) is 4.98 Å². The van der Waals surface area contributed by atoms with Gasteiger partial charge in [0, 0.05) is 29.7 Å². The summed E-state index contributed by atoms with van der Waals surface area (Å²) in [4.78, 5) is 24.2. The van der Waals surface area contributed by atoms with E-state index in [1.807, 2.05) is 36.4 Å². The smallest absolute Gasteiger partial charge is 0.253 e. The number of carbonyl (C=O) groups is 1. The molecule has 0 unspecified atom stereocenters. The Balaban J connectivity index is 1.43. The van der Waals surface area contributed by atoms with Crippen molar-refractivity contribution >= 4 is 27.7 Å². The number of hydrogen-bond acceptors (Lipinski definition) is 3. The molecule has 0 bridgehead atoms. The van der Waals surface area contributed by atoms with Crippen LogP contribution in [0.4, 0.5) is 0 Å². The van der Waals surface area contributed by atoms with Gasteiger partial charge in [-0.3, -0.25) is 9.78 Å². The van der Waals surface area contributed by atoms with Gasteiger partial charge in [-0.05, 0) is 23.8 Å². The predicted molar refractivity (Wildman–Crippen MR) is 88.0 cm³/mol. The first-order chi connectivity index (χ1) is 11.3. The Bertz CT molecular complexity index is 1090. The zero-order chi connectivity index (χ0) is 15.4. The van der Waals surface area contributed by atoms with Crippen LogP contribution in [-0.4, -0.2) is 20.9 Å². The minimum absolute atomic E-state index is 0.0813. The van der Waals surface area contributed by atoms with Gasteiger partial charge in [0.15, 0.2) is 0 Å². The van der Waals surface area contributed by atoms with Crippen LogP contribution in [0.15, 0.2) is 48.8 Å². The number of aromatic nitrogens is 3. The van der Waals surface area contributed by atoms with E-state index >= 15 is 0 Å². The van der Waals surface area contributed by atoms with E-state index in [2.05, 4.69) is 20.3 Å². The second-order valence-corrected chi connectivity index (χ2v) is 5.65. The number of hydrogen-bond donors (Lipinski definition) is 2. The summed E-state index contributed by atoms with van der Waals surface area (Å²) in [6.45, 7) is 0.472. The molecule has 0 atom stereocenters. The van der Waals surface area contributed by atoms with Gasteiger partial charge in [0.05, 0.1) is 22.3 Å². The van der Waals surface area contributed by atoms with Crippen LogP contribution in [0, 0.1) is 0 Å². The van der Waals surface area contributed by atoms with E-state index < -0.39 is 0 Å². The van der Waals surface area contributed by atoms with Crippen LogP contribution in [0.1, 0.15) is 15.9 Å². The molecule has 5 heteroatoms. The minimum atomic E-state index is -0.0813. The zero-order valence-electron chi connectivity index (χ0n) is 12.1. The summed E-state index contributed by atoms with van der Waals surface area (Å²) < 4.78 is 0. The van der Waals surface area contributed by atoms with Gasteiger partial charge in [0.25, 0.3) is 5.91 Å². The Morgan fingerprint density at radius 1 is 1.17 bits per heavy atom. The summed E-state index contributed by atoms with van der Waals surface area (Å²) >= 11 is 0. The Morgan fingerprint density at radius 2 is 2.09 bits per heavy atom. The number of nitrogens with one attached hydrogen (secondary N) is 2. The molecular weight excluding hydrogens is 288 g/mol. The number of para-hydroxylation sites is 1. The van der Waals surface area contributed by atoms with Crippen molar-refractivity contribution < 1.29 is 4.79 Å². The molecule has 110 valence electrons. The third-order valence-electron chi connectivity index (χ3n) is 4.29. The van der Waals surface area contributed by atoms with E-state index in [-0.39, 0.29) is 5.91 Å². The lowest BCUT2D eigenvalue weighted by Crippen LogP contribution is -2.22. The molecule has 3 heterocycles. The molecule has 0 spiro atoms. The lowest BCUT2D eigenvalue weighted by atomic mass is 10.1. The Morgan fingerprint density at radius 3 is 3.04 bits per heavy atom. The fraction of sp³-hybridized carbons (Fsp3) is 0.0556. The largest absolute Gasteiger partial charge is 0.359 e. The first-order valence-electron chi connectivity index (χ1n) is 7.44. The molecule has 23 heavy (non-hydrogen) atoms. The molecule has 1 aromatic carbocycles. The summed E-state index contributed by atoms with van der Waals surface area (Å²) in [5.41, 5.74) is 5.59. The van der Waals surface area contributed by atoms with Crippen molar-refractivity contribution in [2.24, 2.45) is 0 Å². The van der Waals surface area contributed by atoms with Crippen LogP contribution in [0.25, 0.3) is 33.2 Å². The molecule has 1 aliphatic heterocycles. The van der Waals surface area contributed by atoms with Crippen molar-refractivity contribution in [1.29, 1.82) is 0 Å². The maximum Gasteiger partial charge on any atom is 0.253 e. The quantitative estimate of drug-likeness (QED) is 0.538. The number of rotatable bonds is 3. The number of H-pyrrole nitrogens is 1. The topological polar surface area (TPSA) is 70.7 Å². The third kappa shape index (κ3) is 1.83. The number of pyridine rings is 2. The number of amides is 1. The van der Waals surface area contributed by atoms with Gasteiger partial charge in [-0.2, -0.15) is 0 Å². The number of aromatic amines is 1. The molecule has 0 radical (unpaired) electrons. The van der Waals surface area contributed by atoms with Gasteiger partial charge < -0.3 is 10.3 Å². The van der Waals surface area contributed by atoms with E-state index in [0.29, 0.717) is 12.1 Å². The van der Waals surface area contributed by atoms with Gasteiger partial charge in [-0.15, -0.1) is 0 Å². The molecule has 1 amide bonds. The molecule has 2 aliphatic rings. The molecule has 0 fully saturated rings. The molecule has 5 nitrogen and oxygen atoms in total. The average Bonchev–Trinajstić information content (AvgIpc) is 3.07. The van der Waals surface area contributed by atoms with Gasteiger partial charge in [0.2, 0.25) is 0 Å². The van der Waals surface area contributed by atoms with E-state index in [1.54, 1.807) is 12.4 Å². The zero-order valence-corrected chi connectivity index (χ0v) is 12.1. The summed E-state index contributed by atoms with van der Waals surface area (Å²) in [5.74, 6) is -0.0813. The summed E-state index contributed by atoms with van der Waals surface area (Å²) in [6, 6.07) is 11.8. The average molecular weight is 300 g/mol. The standard InChI is InChI=1S/C18H12N4O/c23-18(13-9-20-16-12(13)7-15-17(16)22-15)21-8-10-5-6-19-14-4-2-1-3-11(10)14/h1-7,9,20H,8H2,(H,21,23). The highest BCUT2D eigenvalue weighted by atomic mass is 16.1. The maximum atomic E-state index is 12.5. The maximum absolute atomic E-state index is 12.5. The molecule has 0 saturated carbocycles. The highest BCUT2D eigenvalue weighted by Gasteiger charge is 2.25. The fourth-order valence-electron chi connectivity index (χ4n) is 3.06. The van der Waals surface area contributed by atoms with E-state index in [0.717, 1.165) is 38.8 Å². The Hall–Kier alpha value is -3.21. The van der Waals surface area contributed by atoms with Crippen LogP contribution in [0.5, 0.6) is 0 Å². The van der Waals surface area contributed by atoms with Crippen LogP contribution in [0.3, 0.4) is 0 Å². The van der Waals surface area contributed by atoms with Crippen molar-refractivity contribution in [3.63, 3.8) is 0 Å². The fourth-order valence-corrected chi connectivity index (χ4v) is 3.06. The first-order valence-corrected chi connectivity index (χ1v) is 7.44. The van der Waals surface area contributed by atoms with E-state index in [4.69, 9.17) is 0 Å². The highest BCUT2D eigenvalue weighted by Crippen LogP contribution is 2.38. The van der Waals surface area contributed by atoms with Crippen molar-refractivity contribution in [3.8, 4) is 11.4 Å². The SMILES string of the molecule is O=C(NCc1ccnc2ccccc12)c1c[nH]c2c3nc-3cc12. The molecule has 0 saturated heterocycles. The molecule has 3 aromatic rings. The molecular formula is C18H12N4O. The molecule has 2 aromatic heterocycles. The summed E-state index contributed by atoms with van der Waals surface area (Å²) in [5, 5.41) is 5.01. The van der Waals surface area contributed by atoms with Crippen LogP contribution in [0.2, 0.25) is 0 Å². The normalized spacial score (nSPS) is 11.8. The van der Waals surface area contributed by atoms with Crippen molar-refractivity contribution in [2.75, 3.05) is 0 Å². The lowest BCUT2D eigenvalue weighted by molar-refractivity contribution is 0.0953. The molecule has 5 rings (SSSR count). The Kier molecular flexibility index (Phi) is 2.36. The number of fused-ring (bicyclic) bond motifs is 4. The number of benzene rings is 1. The van der Waals surface area contributed by atoms with Crippen LogP contribution in [-0.2, 0) is 6.54 Å². The van der Waals surface area contributed by atoms with Gasteiger partial charge in [0.1, 0.15) is 5.69 Å². The lowest BCUT2D eigenvalue weighted by Gasteiger charge is -2.07. The second kappa shape index (κ2) is 4.39. The van der Waals surface area contributed by atoms with Gasteiger partial charge >= 0.3 is 0 Å². The van der Waals surface area contributed by atoms with Crippen LogP contribution >= 0.6 is 0 Å². The summed E-state index contributed by atoms with van der Waals surface area (Å²) in [7, 11) is 0. The first kappa shape index (κ1) is 12.3. The minimum Gasteiger partial charge on any atom is -0.359 e. The van der Waals surface area contributed by atoms with E-state index in [9.17, 15) is 4.79 Å². The van der Waals surface area contributed by atoms with Crippen molar-refractivity contribution in [3.05, 3.63) is 59.9 Å². The van der Waals surface area contributed by atoms with E-state index in [1.165, 1.54) is 0 Å². The second-order valence-electron chi connectivity index (χ2n) is 5.65. The molecule has 1 aliphatic carbocycles. The predicted octanol–water partition coefficient (Wildman–Crippen LogP) is 3.02. The highest BCUT2D eigenvalue weighted by molar-refractivity contribution is 6.13. The third-order valence-corrected chi connectivity index (χ3v) is 4.29. The molecule has 2 N–H and O–H groups in total. The summed E-state index contributed by atoms with van der Waals surface area (Å²) in [6.07, 6.45) is 3.52. The Labute approximate surface area is 131 Å². The monoisotopic (exact) mass is 300 g/mol. The van der Waals surface area contributed by atoms with Crippen LogP contribution < -0.4 is 5.32 Å². The van der Waals surface area contributed by atoms with Crippen molar-refractivity contribution in [1.82, 2.24) is 20.3 Å². The van der Waals surface area contributed by atoms with Gasteiger partial charge in [-0.1, -0.05) is 18.2 Å².